The third kappa shape index (κ3) is 6.06. The molecule has 0 saturated carbocycles. The topological polar surface area (TPSA) is 100 Å². The van der Waals surface area contributed by atoms with Gasteiger partial charge in [0.05, 0.1) is 28.2 Å². The summed E-state index contributed by atoms with van der Waals surface area (Å²) in [4.78, 5) is 32.4. The molecule has 2 aromatic carbocycles. The van der Waals surface area contributed by atoms with Crippen molar-refractivity contribution in [3.63, 3.8) is 0 Å². The van der Waals surface area contributed by atoms with E-state index in [1.807, 2.05) is 6.92 Å². The van der Waals surface area contributed by atoms with Gasteiger partial charge < -0.3 is 14.5 Å². The number of halogens is 4. The summed E-state index contributed by atoms with van der Waals surface area (Å²) in [7, 11) is 1.76. The molecule has 276 valence electrons. The molecule has 4 atom stereocenters. The highest BCUT2D eigenvalue weighted by molar-refractivity contribution is 6.02. The molecular weight excluding hydrogens is 700 g/mol. The van der Waals surface area contributed by atoms with Crippen LogP contribution in [0.15, 0.2) is 60.7 Å². The Kier molecular flexibility index (Phi) is 9.13. The molecule has 3 fully saturated rings. The van der Waals surface area contributed by atoms with Crippen molar-refractivity contribution in [2.45, 2.75) is 56.4 Å². The molecule has 3 saturated heterocycles. The summed E-state index contributed by atoms with van der Waals surface area (Å²) in [5, 5.41) is 8.76. The fraction of sp³-hybridized carbons (Fsp3) is 0.350. The van der Waals surface area contributed by atoms with Crippen LogP contribution in [0.3, 0.4) is 0 Å². The molecule has 1 amide bonds. The van der Waals surface area contributed by atoms with Gasteiger partial charge in [0.25, 0.3) is 5.91 Å². The number of carbonyl (C=O) groups excluding carboxylic acids is 1. The minimum absolute atomic E-state index is 0.0167. The Morgan fingerprint density at radius 1 is 1.17 bits per heavy atom. The number of hydrogen-bond donors (Lipinski definition) is 0. The first kappa shape index (κ1) is 35.4. The number of pyridine rings is 1. The van der Waals surface area contributed by atoms with Gasteiger partial charge in [-0.15, -0.1) is 6.42 Å². The highest BCUT2D eigenvalue weighted by atomic mass is 19.1. The third-order valence-electron chi connectivity index (χ3n) is 11.1. The van der Waals surface area contributed by atoms with Gasteiger partial charge in [0.15, 0.2) is 11.6 Å². The van der Waals surface area contributed by atoms with Crippen LogP contribution in [0.25, 0.3) is 39.0 Å². The number of terminal acetylenes is 1. The van der Waals surface area contributed by atoms with Crippen LogP contribution < -0.4 is 9.64 Å². The number of fused-ring (bicyclic) bond motifs is 3. The molecule has 54 heavy (non-hydrogen) atoms. The number of alkyl halides is 1. The molecule has 8 rings (SSSR count). The van der Waals surface area contributed by atoms with Gasteiger partial charge in [0.2, 0.25) is 0 Å². The number of likely N-dealkylation sites (tertiary alicyclic amines) is 1. The summed E-state index contributed by atoms with van der Waals surface area (Å²) < 4.78 is 68.0. The summed E-state index contributed by atoms with van der Waals surface area (Å²) >= 11 is 0. The molecule has 5 aromatic rings. The van der Waals surface area contributed by atoms with E-state index in [4.69, 9.17) is 16.1 Å². The monoisotopic (exact) mass is 736 g/mol. The lowest BCUT2D eigenvalue weighted by molar-refractivity contribution is -0.129. The van der Waals surface area contributed by atoms with E-state index in [0.29, 0.717) is 30.2 Å². The van der Waals surface area contributed by atoms with Crippen LogP contribution in [0, 0.1) is 24.0 Å². The summed E-state index contributed by atoms with van der Waals surface area (Å²) in [6, 6.07) is 10.1. The van der Waals surface area contributed by atoms with E-state index >= 15 is 8.78 Å². The van der Waals surface area contributed by atoms with Gasteiger partial charge in [-0.3, -0.25) is 14.7 Å². The molecular formula is C40H36F4N8O2. The molecule has 10 nitrogen and oxygen atoms in total. The van der Waals surface area contributed by atoms with Gasteiger partial charge in [0.1, 0.15) is 35.6 Å². The summed E-state index contributed by atoms with van der Waals surface area (Å²) in [6.07, 6.45) is 11.1. The van der Waals surface area contributed by atoms with Gasteiger partial charge in [0, 0.05) is 62.0 Å². The second-order valence-corrected chi connectivity index (χ2v) is 14.2. The first-order valence-electron chi connectivity index (χ1n) is 17.8. The lowest BCUT2D eigenvalue weighted by Crippen LogP contribution is -2.44. The largest absolute Gasteiger partial charge is 0.461 e. The number of rotatable bonds is 8. The number of anilines is 1. The van der Waals surface area contributed by atoms with Gasteiger partial charge in [-0.05, 0) is 56.3 Å². The zero-order valence-electron chi connectivity index (χ0n) is 29.6. The van der Waals surface area contributed by atoms with E-state index in [0.717, 1.165) is 25.5 Å². The fourth-order valence-electron chi connectivity index (χ4n) is 8.49. The zero-order valence-corrected chi connectivity index (χ0v) is 29.6. The maximum atomic E-state index is 17.0. The maximum absolute atomic E-state index is 17.0. The minimum Gasteiger partial charge on any atom is -0.461 e. The number of amides is 1. The number of carbonyl (C=O) groups is 1. The molecule has 3 aliphatic heterocycles. The van der Waals surface area contributed by atoms with E-state index in [2.05, 4.69) is 31.0 Å². The van der Waals surface area contributed by atoms with Crippen LogP contribution in [0.4, 0.5) is 23.4 Å². The van der Waals surface area contributed by atoms with Crippen molar-refractivity contribution in [1.29, 1.82) is 0 Å². The first-order valence-corrected chi connectivity index (χ1v) is 17.8. The molecule has 1 unspecified atom stereocenters. The van der Waals surface area contributed by atoms with Crippen molar-refractivity contribution in [1.82, 2.24) is 34.9 Å². The van der Waals surface area contributed by atoms with E-state index in [1.165, 1.54) is 23.4 Å². The Balaban J connectivity index is 1.19. The molecule has 14 heteroatoms. The summed E-state index contributed by atoms with van der Waals surface area (Å²) in [5.41, 5.74) is -0.241. The Bertz CT molecular complexity index is 2350. The number of benzene rings is 2. The van der Waals surface area contributed by atoms with Crippen LogP contribution >= 0.6 is 0 Å². The van der Waals surface area contributed by atoms with Crippen LogP contribution in [0.2, 0.25) is 0 Å². The predicted octanol–water partition coefficient (Wildman–Crippen LogP) is 6.29. The van der Waals surface area contributed by atoms with Crippen molar-refractivity contribution in [2.24, 2.45) is 0 Å². The number of aromatic nitrogens is 5. The highest BCUT2D eigenvalue weighted by Gasteiger charge is 2.49. The average molecular weight is 737 g/mol. The molecule has 0 aliphatic carbocycles. The smallest absolute Gasteiger partial charge is 0.319 e. The van der Waals surface area contributed by atoms with Crippen molar-refractivity contribution in [3.8, 4) is 29.6 Å². The Morgan fingerprint density at radius 3 is 2.81 bits per heavy atom. The lowest BCUT2D eigenvalue weighted by Gasteiger charge is -2.33. The molecule has 0 spiro atoms. The molecule has 3 aromatic heterocycles. The molecule has 0 N–H and O–H groups in total. The van der Waals surface area contributed by atoms with E-state index in [1.54, 1.807) is 48.3 Å². The summed E-state index contributed by atoms with van der Waals surface area (Å²) in [6.45, 7) is 3.25. The highest BCUT2D eigenvalue weighted by Crippen LogP contribution is 2.41. The van der Waals surface area contributed by atoms with Gasteiger partial charge in [-0.2, -0.15) is 20.2 Å². The van der Waals surface area contributed by atoms with Gasteiger partial charge in [-0.25, -0.2) is 17.6 Å². The number of nitrogens with zero attached hydrogens (tertiary/aromatic N) is 8. The number of hydrogen-bond acceptors (Lipinski definition) is 9. The second kappa shape index (κ2) is 13.9. The van der Waals surface area contributed by atoms with Crippen LogP contribution in [0.1, 0.15) is 43.9 Å². The minimum atomic E-state index is -0.979. The average Bonchev–Trinajstić information content (AvgIpc) is 3.85. The predicted molar refractivity (Wildman–Crippen MR) is 196 cm³/mol. The Labute approximate surface area is 308 Å². The lowest BCUT2D eigenvalue weighted by atomic mass is 9.95. The summed E-state index contributed by atoms with van der Waals surface area (Å²) in [5.74, 6) is -0.511. The molecule has 0 bridgehead atoms. The number of likely N-dealkylation sites (N-methyl/N-ethyl adjacent to an activating group) is 1. The number of ether oxygens (including phenoxy) is 1. The van der Waals surface area contributed by atoms with Crippen LogP contribution in [-0.2, 0) is 4.79 Å². The third-order valence-corrected chi connectivity index (χ3v) is 11.1. The van der Waals surface area contributed by atoms with Crippen molar-refractivity contribution in [2.75, 3.05) is 38.2 Å². The van der Waals surface area contributed by atoms with Crippen molar-refractivity contribution in [3.05, 3.63) is 83.6 Å². The van der Waals surface area contributed by atoms with E-state index < -0.39 is 41.1 Å². The van der Waals surface area contributed by atoms with E-state index in [9.17, 15) is 13.6 Å². The first-order chi connectivity index (χ1) is 26.1. The van der Waals surface area contributed by atoms with Crippen molar-refractivity contribution >= 4 is 39.5 Å². The van der Waals surface area contributed by atoms with Crippen molar-refractivity contribution < 1.29 is 27.1 Å². The maximum Gasteiger partial charge on any atom is 0.319 e. The van der Waals surface area contributed by atoms with Crippen LogP contribution in [0.5, 0.6) is 6.01 Å². The fourth-order valence-corrected chi connectivity index (χ4v) is 8.49. The Morgan fingerprint density at radius 2 is 2.02 bits per heavy atom. The van der Waals surface area contributed by atoms with E-state index in [-0.39, 0.29) is 64.4 Å². The SMILES string of the molecule is C#Cc1c(F)ccc2cccc(-c3ncc4c(N(C)C5CCN(C(=O)/C(F)=C/c6cccnn6)[C@H]5C)nc(OC[C@@]56CCCN5C[C@H](F)C6)nc4c3F)c12. The second-order valence-electron chi connectivity index (χ2n) is 14.2. The van der Waals surface area contributed by atoms with Crippen LogP contribution in [-0.4, -0.2) is 97.9 Å². The quantitative estimate of drug-likeness (QED) is 0.104. The zero-order chi connectivity index (χ0) is 37.7. The Hall–Kier alpha value is -5.68. The molecule has 3 aliphatic rings. The molecule has 0 radical (unpaired) electrons. The standard InChI is InChI=1S/C40H36F4N8O2/c1-4-27-30(42)12-11-24-8-5-10-28(33(24)27)35-34(44)36-29(20-45-35)37(48-39(47-36)54-22-40-14-7-16-51(40)21-25(41)19-40)50(3)32-13-17-52(23(32)2)38(53)31(43)18-26-9-6-15-46-49-26/h1,5-6,8-12,15,18,20,23,25,32H,7,13-14,16-17,19,21-22H2,2-3H3/b31-18-/t23-,25+,32?,40-/m0/s1. The van der Waals surface area contributed by atoms with Gasteiger partial charge in [-0.1, -0.05) is 30.2 Å². The normalized spacial score (nSPS) is 22.9. The molecule has 6 heterocycles. The van der Waals surface area contributed by atoms with Gasteiger partial charge >= 0.3 is 6.01 Å².